The van der Waals surface area contributed by atoms with E-state index >= 15 is 0 Å². The topological polar surface area (TPSA) is 6.48 Å². The quantitative estimate of drug-likeness (QED) is 0.153. The van der Waals surface area contributed by atoms with E-state index in [9.17, 15) is 0 Å². The molecule has 0 fully saturated rings. The number of hydrogen-bond acceptors (Lipinski definition) is 2. The molecular formula is C48H52N2. The third-order valence-corrected chi connectivity index (χ3v) is 9.77. The van der Waals surface area contributed by atoms with E-state index in [0.717, 1.165) is 47.0 Å². The monoisotopic (exact) mass is 656 g/mol. The van der Waals surface area contributed by atoms with Gasteiger partial charge in [0.05, 0.1) is 0 Å². The highest BCUT2D eigenvalue weighted by Gasteiger charge is 2.19. The van der Waals surface area contributed by atoms with Gasteiger partial charge in [-0.25, -0.2) is 0 Å². The van der Waals surface area contributed by atoms with Crippen LogP contribution in [0.5, 0.6) is 0 Å². The molecule has 0 N–H and O–H groups in total. The Bertz CT molecular complexity index is 1820. The van der Waals surface area contributed by atoms with Crippen molar-refractivity contribution in [3.8, 4) is 11.1 Å². The van der Waals surface area contributed by atoms with Crippen LogP contribution in [0.1, 0.15) is 77.6 Å². The summed E-state index contributed by atoms with van der Waals surface area (Å²) < 4.78 is 0. The summed E-state index contributed by atoms with van der Waals surface area (Å²) in [6.45, 7) is 18.0. The lowest BCUT2D eigenvalue weighted by atomic mass is 9.87. The smallest absolute Gasteiger partial charge is 0.0462 e. The van der Waals surface area contributed by atoms with E-state index in [1.807, 2.05) is 0 Å². The molecule has 0 spiro atoms. The summed E-state index contributed by atoms with van der Waals surface area (Å²) in [4.78, 5) is 4.71. The van der Waals surface area contributed by atoms with E-state index in [4.69, 9.17) is 0 Å². The Morgan fingerprint density at radius 1 is 0.320 bits per heavy atom. The van der Waals surface area contributed by atoms with E-state index in [1.54, 1.807) is 0 Å². The molecule has 0 saturated heterocycles. The normalized spacial score (nSPS) is 11.8. The summed E-state index contributed by atoms with van der Waals surface area (Å²) >= 11 is 0. The maximum atomic E-state index is 2.35. The van der Waals surface area contributed by atoms with E-state index in [2.05, 4.69) is 211 Å². The van der Waals surface area contributed by atoms with Crippen molar-refractivity contribution in [1.29, 1.82) is 0 Å². The third-order valence-electron chi connectivity index (χ3n) is 9.77. The number of hydrogen-bond donors (Lipinski definition) is 0. The summed E-state index contributed by atoms with van der Waals surface area (Å²) in [6, 6.07) is 53.9. The molecule has 50 heavy (non-hydrogen) atoms. The van der Waals surface area contributed by atoms with Gasteiger partial charge in [-0.15, -0.1) is 0 Å². The molecule has 0 unspecified atom stereocenters. The number of aryl methyl sites for hydroxylation is 2. The molecule has 6 aromatic carbocycles. The molecule has 2 heteroatoms. The Kier molecular flexibility index (Phi) is 10.0. The molecule has 254 valence electrons. The van der Waals surface area contributed by atoms with Crippen LogP contribution in [0.15, 0.2) is 146 Å². The average molecular weight is 657 g/mol. The van der Waals surface area contributed by atoms with Crippen LogP contribution in [0.4, 0.5) is 34.1 Å². The zero-order valence-electron chi connectivity index (χ0n) is 31.2. The predicted molar refractivity (Wildman–Crippen MR) is 217 cm³/mol. The number of nitrogens with zero attached hydrogens (tertiary/aromatic N) is 2. The zero-order chi connectivity index (χ0) is 35.5. The van der Waals surface area contributed by atoms with Crippen LogP contribution in [0.25, 0.3) is 11.1 Å². The zero-order valence-corrected chi connectivity index (χ0v) is 31.2. The number of rotatable bonds is 9. The molecule has 0 aromatic heterocycles. The molecule has 0 aliphatic carbocycles. The van der Waals surface area contributed by atoms with Crippen LogP contribution in [-0.4, -0.2) is 0 Å². The molecule has 2 nitrogen and oxygen atoms in total. The molecule has 0 atom stereocenters. The molecule has 0 amide bonds. The molecule has 0 aliphatic rings. The van der Waals surface area contributed by atoms with Crippen LogP contribution in [-0.2, 0) is 23.7 Å². The molecule has 0 saturated carbocycles. The van der Waals surface area contributed by atoms with Gasteiger partial charge in [-0.2, -0.15) is 0 Å². The Balaban J connectivity index is 1.32. The maximum Gasteiger partial charge on any atom is 0.0462 e. The van der Waals surface area contributed by atoms with E-state index in [0.29, 0.717) is 0 Å². The minimum Gasteiger partial charge on any atom is -0.311 e. The van der Waals surface area contributed by atoms with Crippen LogP contribution in [0, 0.1) is 0 Å². The first-order chi connectivity index (χ1) is 23.9. The van der Waals surface area contributed by atoms with Gasteiger partial charge in [-0.3, -0.25) is 0 Å². The summed E-state index contributed by atoms with van der Waals surface area (Å²) in [5, 5.41) is 0. The Labute approximate surface area is 301 Å². The fourth-order valence-electron chi connectivity index (χ4n) is 6.48. The van der Waals surface area contributed by atoms with Crippen molar-refractivity contribution < 1.29 is 0 Å². The van der Waals surface area contributed by atoms with Gasteiger partial charge in [0.25, 0.3) is 0 Å². The number of anilines is 6. The number of benzene rings is 6. The fraction of sp³-hybridized carbons (Fsp3) is 0.250. The van der Waals surface area contributed by atoms with Gasteiger partial charge in [0.1, 0.15) is 0 Å². The van der Waals surface area contributed by atoms with Crippen molar-refractivity contribution >= 4 is 34.1 Å². The van der Waals surface area contributed by atoms with Gasteiger partial charge in [-0.1, -0.05) is 128 Å². The van der Waals surface area contributed by atoms with Crippen molar-refractivity contribution in [2.24, 2.45) is 0 Å². The average Bonchev–Trinajstić information content (AvgIpc) is 3.13. The highest BCUT2D eigenvalue weighted by Crippen LogP contribution is 2.39. The van der Waals surface area contributed by atoms with Crippen molar-refractivity contribution in [2.75, 3.05) is 9.80 Å². The Morgan fingerprint density at radius 2 is 0.540 bits per heavy atom. The highest BCUT2D eigenvalue weighted by molar-refractivity contribution is 5.81. The minimum absolute atomic E-state index is 0.108. The van der Waals surface area contributed by atoms with Crippen LogP contribution < -0.4 is 9.80 Å². The summed E-state index contributed by atoms with van der Waals surface area (Å²) in [6.07, 6.45) is 2.06. The first kappa shape index (κ1) is 34.8. The van der Waals surface area contributed by atoms with Gasteiger partial charge < -0.3 is 9.80 Å². The second-order valence-corrected chi connectivity index (χ2v) is 15.4. The van der Waals surface area contributed by atoms with Crippen LogP contribution in [0.3, 0.4) is 0 Å². The minimum atomic E-state index is 0.108. The molecule has 0 bridgehead atoms. The van der Waals surface area contributed by atoms with Crippen molar-refractivity contribution in [1.82, 2.24) is 0 Å². The first-order valence-corrected chi connectivity index (χ1v) is 18.1. The molecule has 0 radical (unpaired) electrons. The fourth-order valence-corrected chi connectivity index (χ4v) is 6.48. The molecular weight excluding hydrogens is 605 g/mol. The van der Waals surface area contributed by atoms with Crippen molar-refractivity contribution in [3.05, 3.63) is 168 Å². The van der Waals surface area contributed by atoms with Crippen molar-refractivity contribution in [3.63, 3.8) is 0 Å². The lowest BCUT2D eigenvalue weighted by Crippen LogP contribution is -2.13. The summed E-state index contributed by atoms with van der Waals surface area (Å²) in [7, 11) is 0. The second-order valence-electron chi connectivity index (χ2n) is 15.4. The van der Waals surface area contributed by atoms with Gasteiger partial charge in [-0.05, 0) is 130 Å². The van der Waals surface area contributed by atoms with E-state index in [-0.39, 0.29) is 10.8 Å². The summed E-state index contributed by atoms with van der Waals surface area (Å²) in [5.74, 6) is 0. The third kappa shape index (κ3) is 7.71. The SMILES string of the molecule is CCc1ccc(N(c2ccc(-c3ccc(N(c4ccc(CC)cc4)c4ccc(C(C)(C)C)cc4)cc3)cc2)c2ccc(C(C)(C)C)cc2)cc1. The molecule has 6 aromatic rings. The lowest BCUT2D eigenvalue weighted by molar-refractivity contribution is 0.590. The predicted octanol–water partition coefficient (Wildman–Crippen LogP) is 14.0. The van der Waals surface area contributed by atoms with E-state index < -0.39 is 0 Å². The second kappa shape index (κ2) is 14.4. The van der Waals surface area contributed by atoms with Crippen LogP contribution in [0.2, 0.25) is 0 Å². The lowest BCUT2D eigenvalue weighted by Gasteiger charge is -2.27. The maximum absolute atomic E-state index is 2.35. The largest absolute Gasteiger partial charge is 0.311 e. The van der Waals surface area contributed by atoms with Gasteiger partial charge in [0.15, 0.2) is 0 Å². The van der Waals surface area contributed by atoms with Gasteiger partial charge >= 0.3 is 0 Å². The molecule has 0 heterocycles. The molecule has 6 rings (SSSR count). The Morgan fingerprint density at radius 3 is 0.760 bits per heavy atom. The first-order valence-electron chi connectivity index (χ1n) is 18.1. The summed E-state index contributed by atoms with van der Waals surface area (Å²) in [5.41, 5.74) is 14.9. The standard InChI is InChI=1S/C48H52N2/c1-9-35-11-23-41(24-12-35)49(45-31-19-39(20-32-45)47(3,4)5)43-27-15-37(16-28-43)38-17-29-44(30-18-38)50(42-25-13-36(10-2)14-26-42)46-33-21-40(22-34-46)48(6,7)8/h11-34H,9-10H2,1-8H3. The highest BCUT2D eigenvalue weighted by atomic mass is 15.1. The van der Waals surface area contributed by atoms with Crippen LogP contribution >= 0.6 is 0 Å². The van der Waals surface area contributed by atoms with Gasteiger partial charge in [0.2, 0.25) is 0 Å². The van der Waals surface area contributed by atoms with Gasteiger partial charge in [0, 0.05) is 34.1 Å². The Hall–Kier alpha value is -5.08. The van der Waals surface area contributed by atoms with Crippen molar-refractivity contribution in [2.45, 2.75) is 79.1 Å². The van der Waals surface area contributed by atoms with E-state index in [1.165, 1.54) is 33.4 Å². The molecule has 0 aliphatic heterocycles.